The molecule has 1 aliphatic rings. The van der Waals surface area contributed by atoms with Crippen LogP contribution in [0, 0.1) is 0 Å². The molecule has 0 saturated heterocycles. The number of alkyl halides is 2. The fraction of sp³-hybridized carbons (Fsp3) is 0.800. The predicted molar refractivity (Wildman–Crippen MR) is 77.5 cm³/mol. The summed E-state index contributed by atoms with van der Waals surface area (Å²) < 4.78 is 30.7. The van der Waals surface area contributed by atoms with Crippen molar-refractivity contribution in [3.8, 4) is 0 Å². The third-order valence-electron chi connectivity index (χ3n) is 3.96. The van der Waals surface area contributed by atoms with Crippen molar-refractivity contribution in [3.63, 3.8) is 0 Å². The molecular formula is C15H25F2N3O. The molecule has 1 aliphatic carbocycles. The molecule has 0 aromatic carbocycles. The van der Waals surface area contributed by atoms with E-state index in [4.69, 9.17) is 10.5 Å². The van der Waals surface area contributed by atoms with Crippen LogP contribution < -0.4 is 5.73 Å². The van der Waals surface area contributed by atoms with Gasteiger partial charge in [0.05, 0.1) is 11.7 Å². The van der Waals surface area contributed by atoms with Crippen LogP contribution in [-0.4, -0.2) is 35.5 Å². The third-order valence-corrected chi connectivity index (χ3v) is 3.96. The molecule has 0 radical (unpaired) electrons. The fourth-order valence-corrected chi connectivity index (χ4v) is 2.81. The largest absolute Gasteiger partial charge is 0.375 e. The summed E-state index contributed by atoms with van der Waals surface area (Å²) in [5.74, 6) is 0. The van der Waals surface area contributed by atoms with Crippen molar-refractivity contribution >= 4 is 0 Å². The second-order valence-corrected chi connectivity index (χ2v) is 5.80. The Kier molecular flexibility index (Phi) is 6.57. The normalized spacial score (nSPS) is 18.3. The predicted octanol–water partition coefficient (Wildman–Crippen LogP) is 2.93. The van der Waals surface area contributed by atoms with Gasteiger partial charge in [-0.2, -0.15) is 5.10 Å². The Morgan fingerprint density at radius 3 is 2.81 bits per heavy atom. The van der Waals surface area contributed by atoms with Gasteiger partial charge >= 0.3 is 0 Å². The molecule has 2 N–H and O–H groups in total. The number of halogens is 2. The molecule has 21 heavy (non-hydrogen) atoms. The van der Waals surface area contributed by atoms with Crippen LogP contribution in [0.15, 0.2) is 12.3 Å². The minimum Gasteiger partial charge on any atom is -0.375 e. The number of hydrogen-bond donors (Lipinski definition) is 1. The van der Waals surface area contributed by atoms with Crippen molar-refractivity contribution in [2.45, 2.75) is 63.5 Å². The highest BCUT2D eigenvalue weighted by Crippen LogP contribution is 2.27. The maximum atomic E-state index is 11.9. The molecule has 1 aromatic heterocycles. The van der Waals surface area contributed by atoms with E-state index in [9.17, 15) is 8.78 Å². The number of rotatable bonds is 8. The van der Waals surface area contributed by atoms with E-state index >= 15 is 0 Å². The third kappa shape index (κ3) is 5.71. The minimum absolute atomic E-state index is 0.0996. The van der Waals surface area contributed by atoms with Gasteiger partial charge < -0.3 is 10.5 Å². The smallest absolute Gasteiger partial charge is 0.261 e. The molecule has 0 aliphatic heterocycles. The fourth-order valence-electron chi connectivity index (χ4n) is 2.81. The summed E-state index contributed by atoms with van der Waals surface area (Å²) in [6.07, 6.45) is 7.15. The number of nitrogens with two attached hydrogens (primary N) is 1. The van der Waals surface area contributed by atoms with Crippen molar-refractivity contribution in [2.75, 3.05) is 13.2 Å². The topological polar surface area (TPSA) is 53.1 Å². The van der Waals surface area contributed by atoms with Gasteiger partial charge in [0.1, 0.15) is 6.61 Å². The van der Waals surface area contributed by atoms with Crippen LogP contribution in [-0.2, 0) is 11.2 Å². The Morgan fingerprint density at radius 2 is 2.10 bits per heavy atom. The molecule has 2 rings (SSSR count). The lowest BCUT2D eigenvalue weighted by atomic mass is 9.96. The summed E-state index contributed by atoms with van der Waals surface area (Å²) in [7, 11) is 0. The highest BCUT2D eigenvalue weighted by atomic mass is 19.3. The number of nitrogens with zero attached hydrogens (tertiary/aromatic N) is 2. The molecule has 1 heterocycles. The Labute approximate surface area is 124 Å². The van der Waals surface area contributed by atoms with E-state index in [0.29, 0.717) is 18.9 Å². The van der Waals surface area contributed by atoms with Crippen molar-refractivity contribution in [1.82, 2.24) is 9.78 Å². The molecule has 1 unspecified atom stereocenters. The van der Waals surface area contributed by atoms with Crippen molar-refractivity contribution in [2.24, 2.45) is 5.73 Å². The van der Waals surface area contributed by atoms with Crippen LogP contribution >= 0.6 is 0 Å². The zero-order valence-electron chi connectivity index (χ0n) is 12.4. The zero-order valence-corrected chi connectivity index (χ0v) is 12.4. The average molecular weight is 301 g/mol. The second-order valence-electron chi connectivity index (χ2n) is 5.80. The van der Waals surface area contributed by atoms with E-state index in [-0.39, 0.29) is 12.6 Å². The Balaban J connectivity index is 1.71. The highest BCUT2D eigenvalue weighted by molar-refractivity contribution is 5.02. The molecule has 0 spiro atoms. The molecule has 1 fully saturated rings. The summed E-state index contributed by atoms with van der Waals surface area (Å²) >= 11 is 0. The van der Waals surface area contributed by atoms with E-state index in [0.717, 1.165) is 5.69 Å². The van der Waals surface area contributed by atoms with Crippen molar-refractivity contribution in [3.05, 3.63) is 18.0 Å². The van der Waals surface area contributed by atoms with Crippen LogP contribution in [0.1, 0.15) is 50.3 Å². The summed E-state index contributed by atoms with van der Waals surface area (Å²) in [5, 5.41) is 4.61. The van der Waals surface area contributed by atoms with Gasteiger partial charge in [0.15, 0.2) is 0 Å². The molecule has 4 nitrogen and oxygen atoms in total. The summed E-state index contributed by atoms with van der Waals surface area (Å²) in [4.78, 5) is 0. The van der Waals surface area contributed by atoms with Crippen LogP contribution in [0.2, 0.25) is 0 Å². The molecule has 0 bridgehead atoms. The first-order chi connectivity index (χ1) is 10.1. The maximum absolute atomic E-state index is 11.9. The van der Waals surface area contributed by atoms with E-state index in [1.165, 1.54) is 32.1 Å². The Morgan fingerprint density at radius 1 is 1.33 bits per heavy atom. The highest BCUT2D eigenvalue weighted by Gasteiger charge is 2.16. The molecule has 1 saturated carbocycles. The van der Waals surface area contributed by atoms with Gasteiger partial charge in [0.2, 0.25) is 0 Å². The van der Waals surface area contributed by atoms with E-state index < -0.39 is 13.0 Å². The molecule has 0 amide bonds. The van der Waals surface area contributed by atoms with Crippen LogP contribution in [0.5, 0.6) is 0 Å². The van der Waals surface area contributed by atoms with Gasteiger partial charge in [-0.05, 0) is 25.3 Å². The summed E-state index contributed by atoms with van der Waals surface area (Å²) in [6.45, 7) is -0.238. The monoisotopic (exact) mass is 301 g/mol. The number of aromatic nitrogens is 2. The van der Waals surface area contributed by atoms with Gasteiger partial charge in [-0.1, -0.05) is 19.3 Å². The minimum atomic E-state index is -2.41. The summed E-state index contributed by atoms with van der Waals surface area (Å²) in [5.41, 5.74) is 6.97. The lowest BCUT2D eigenvalue weighted by molar-refractivity contribution is 0.0152. The molecule has 120 valence electrons. The molecular weight excluding hydrogens is 276 g/mol. The average Bonchev–Trinajstić information content (AvgIpc) is 2.93. The van der Waals surface area contributed by atoms with E-state index in [1.807, 2.05) is 12.3 Å². The SMILES string of the molecule is NC(CCOCC(F)F)Cc1ccn(C2CCCCC2)n1. The van der Waals surface area contributed by atoms with Crippen molar-refractivity contribution < 1.29 is 13.5 Å². The second kappa shape index (κ2) is 8.44. The van der Waals surface area contributed by atoms with Gasteiger partial charge in [0, 0.05) is 25.3 Å². The quantitative estimate of drug-likeness (QED) is 0.751. The zero-order chi connectivity index (χ0) is 15.1. The van der Waals surface area contributed by atoms with Gasteiger partial charge in [0.25, 0.3) is 6.43 Å². The first-order valence-electron chi connectivity index (χ1n) is 7.80. The van der Waals surface area contributed by atoms with Crippen LogP contribution in [0.4, 0.5) is 8.78 Å². The van der Waals surface area contributed by atoms with Gasteiger partial charge in [-0.15, -0.1) is 0 Å². The molecule has 1 atom stereocenters. The van der Waals surface area contributed by atoms with Crippen molar-refractivity contribution in [1.29, 1.82) is 0 Å². The summed E-state index contributed by atoms with van der Waals surface area (Å²) in [6, 6.07) is 2.43. The maximum Gasteiger partial charge on any atom is 0.261 e. The number of ether oxygens (including phenoxy) is 1. The van der Waals surface area contributed by atoms with Gasteiger partial charge in [-0.25, -0.2) is 8.78 Å². The lowest BCUT2D eigenvalue weighted by Gasteiger charge is -2.21. The first kappa shape index (κ1) is 16.4. The van der Waals surface area contributed by atoms with E-state index in [1.54, 1.807) is 0 Å². The first-order valence-corrected chi connectivity index (χ1v) is 7.80. The lowest BCUT2D eigenvalue weighted by Crippen LogP contribution is -2.25. The van der Waals surface area contributed by atoms with E-state index in [2.05, 4.69) is 9.78 Å². The van der Waals surface area contributed by atoms with Crippen LogP contribution in [0.25, 0.3) is 0 Å². The molecule has 1 aromatic rings. The Hall–Kier alpha value is -1.01. The standard InChI is InChI=1S/C15H25F2N3O/c16-15(17)11-21-9-7-12(18)10-13-6-8-20(19-13)14-4-2-1-3-5-14/h6,8,12,14-15H,1-5,7,9-11,18H2. The van der Waals surface area contributed by atoms with Crippen LogP contribution in [0.3, 0.4) is 0 Å². The van der Waals surface area contributed by atoms with Gasteiger partial charge in [-0.3, -0.25) is 4.68 Å². The number of hydrogen-bond acceptors (Lipinski definition) is 3. The molecule has 6 heteroatoms. The Bertz CT molecular complexity index is 405.